The van der Waals surface area contributed by atoms with Gasteiger partial charge in [0.05, 0.1) is 5.60 Å². The molecule has 0 aromatic carbocycles. The van der Waals surface area contributed by atoms with Crippen LogP contribution in [0, 0.1) is 17.8 Å². The lowest BCUT2D eigenvalue weighted by Gasteiger charge is -2.56. The predicted octanol–water partition coefficient (Wildman–Crippen LogP) is 6.11. The second-order valence-electron chi connectivity index (χ2n) is 8.42. The van der Waals surface area contributed by atoms with Gasteiger partial charge in [0, 0.05) is 6.61 Å². The molecule has 0 radical (unpaired) electrons. The van der Waals surface area contributed by atoms with Crippen LogP contribution in [-0.2, 0) is 4.74 Å². The largest absolute Gasteiger partial charge is 0.375 e. The van der Waals surface area contributed by atoms with Crippen LogP contribution in [0.4, 0.5) is 0 Å². The molecule has 0 saturated heterocycles. The van der Waals surface area contributed by atoms with E-state index in [1.165, 1.54) is 89.9 Å². The van der Waals surface area contributed by atoms with Crippen molar-refractivity contribution in [2.45, 2.75) is 102 Å². The highest BCUT2D eigenvalue weighted by molar-refractivity contribution is 5.03. The number of hydrogen-bond donors (Lipinski definition) is 0. The summed E-state index contributed by atoms with van der Waals surface area (Å²) in [5.41, 5.74) is 0.343. The van der Waals surface area contributed by atoms with Crippen LogP contribution in [0.5, 0.6) is 0 Å². The van der Waals surface area contributed by atoms with Gasteiger partial charge in [0.15, 0.2) is 0 Å². The molecule has 4 bridgehead atoms. The van der Waals surface area contributed by atoms with Crippen molar-refractivity contribution in [3.8, 4) is 0 Å². The summed E-state index contributed by atoms with van der Waals surface area (Å²) < 4.78 is 6.49. The Labute approximate surface area is 132 Å². The minimum atomic E-state index is 0.343. The van der Waals surface area contributed by atoms with E-state index in [0.29, 0.717) is 5.60 Å². The van der Waals surface area contributed by atoms with Gasteiger partial charge in [-0.05, 0) is 62.7 Å². The van der Waals surface area contributed by atoms with Gasteiger partial charge >= 0.3 is 0 Å². The normalized spacial score (nSPS) is 37.3. The minimum Gasteiger partial charge on any atom is -0.375 e. The van der Waals surface area contributed by atoms with Crippen molar-refractivity contribution >= 4 is 0 Å². The monoisotopic (exact) mass is 292 g/mol. The summed E-state index contributed by atoms with van der Waals surface area (Å²) in [6.45, 7) is 3.34. The van der Waals surface area contributed by atoms with Crippen LogP contribution < -0.4 is 0 Å². The Balaban J connectivity index is 1.26. The Morgan fingerprint density at radius 2 is 1.19 bits per heavy atom. The fourth-order valence-corrected chi connectivity index (χ4v) is 5.73. The first-order chi connectivity index (χ1) is 10.3. The Morgan fingerprint density at radius 1 is 0.714 bits per heavy atom. The molecule has 4 rings (SSSR count). The first-order valence-corrected chi connectivity index (χ1v) is 9.93. The predicted molar refractivity (Wildman–Crippen MR) is 89.5 cm³/mol. The van der Waals surface area contributed by atoms with Crippen molar-refractivity contribution in [2.24, 2.45) is 17.8 Å². The highest BCUT2D eigenvalue weighted by Gasteiger charge is 2.51. The van der Waals surface area contributed by atoms with Crippen molar-refractivity contribution in [3.05, 3.63) is 0 Å². The summed E-state index contributed by atoms with van der Waals surface area (Å²) in [6.07, 6.45) is 20.0. The lowest BCUT2D eigenvalue weighted by molar-refractivity contribution is -0.162. The second-order valence-corrected chi connectivity index (χ2v) is 8.42. The molecule has 4 fully saturated rings. The van der Waals surface area contributed by atoms with Gasteiger partial charge in [0.25, 0.3) is 0 Å². The molecule has 0 unspecified atom stereocenters. The van der Waals surface area contributed by atoms with E-state index in [1.54, 1.807) is 0 Å². The molecule has 21 heavy (non-hydrogen) atoms. The van der Waals surface area contributed by atoms with Crippen LogP contribution in [0.2, 0.25) is 0 Å². The molecule has 4 saturated carbocycles. The van der Waals surface area contributed by atoms with Crippen LogP contribution in [-0.4, -0.2) is 12.2 Å². The van der Waals surface area contributed by atoms with Gasteiger partial charge < -0.3 is 4.74 Å². The first kappa shape index (κ1) is 15.8. The molecule has 0 atom stereocenters. The fourth-order valence-electron chi connectivity index (χ4n) is 5.73. The summed E-state index contributed by atoms with van der Waals surface area (Å²) in [5.74, 6) is 3.07. The fraction of sp³-hybridized carbons (Fsp3) is 1.00. The summed E-state index contributed by atoms with van der Waals surface area (Å²) in [6, 6.07) is 0. The first-order valence-electron chi connectivity index (χ1n) is 9.93. The van der Waals surface area contributed by atoms with Crippen LogP contribution >= 0.6 is 0 Å². The molecule has 0 aliphatic heterocycles. The third kappa shape index (κ3) is 4.24. The SMILES string of the molecule is CCCCCCCCCCOC12CC3CC(CC(C3)C1)C2. The van der Waals surface area contributed by atoms with E-state index in [-0.39, 0.29) is 0 Å². The third-order valence-electron chi connectivity index (χ3n) is 6.39. The maximum absolute atomic E-state index is 6.49. The lowest BCUT2D eigenvalue weighted by atomic mass is 9.54. The van der Waals surface area contributed by atoms with Gasteiger partial charge in [-0.15, -0.1) is 0 Å². The molecule has 0 N–H and O–H groups in total. The molecule has 0 spiro atoms. The van der Waals surface area contributed by atoms with Crippen LogP contribution in [0.25, 0.3) is 0 Å². The zero-order chi connectivity index (χ0) is 14.5. The van der Waals surface area contributed by atoms with Gasteiger partial charge in [-0.2, -0.15) is 0 Å². The highest BCUT2D eigenvalue weighted by atomic mass is 16.5. The Hall–Kier alpha value is -0.0400. The Kier molecular flexibility index (Phi) is 5.65. The average molecular weight is 293 g/mol. The molecule has 4 aliphatic rings. The average Bonchev–Trinajstić information content (AvgIpc) is 2.44. The molecule has 0 aromatic rings. The summed E-state index contributed by atoms with van der Waals surface area (Å²) >= 11 is 0. The summed E-state index contributed by atoms with van der Waals surface area (Å²) in [5, 5.41) is 0. The maximum Gasteiger partial charge on any atom is 0.0690 e. The molecule has 0 heterocycles. The summed E-state index contributed by atoms with van der Waals surface area (Å²) in [7, 11) is 0. The molecular formula is C20H36O. The molecule has 0 aromatic heterocycles. The molecule has 1 heteroatoms. The quantitative estimate of drug-likeness (QED) is 0.441. The van der Waals surface area contributed by atoms with Crippen molar-refractivity contribution in [3.63, 3.8) is 0 Å². The van der Waals surface area contributed by atoms with Crippen molar-refractivity contribution in [1.29, 1.82) is 0 Å². The van der Waals surface area contributed by atoms with E-state index in [0.717, 1.165) is 24.4 Å². The molecule has 0 amide bonds. The smallest absolute Gasteiger partial charge is 0.0690 e. The molecule has 1 nitrogen and oxygen atoms in total. The standard InChI is InChI=1S/C20H36O/c1-2-3-4-5-6-7-8-9-10-21-20-14-17-11-18(15-20)13-19(12-17)16-20/h17-19H,2-16H2,1H3. The number of rotatable bonds is 10. The third-order valence-corrected chi connectivity index (χ3v) is 6.39. The molecule has 4 aliphatic carbocycles. The number of unbranched alkanes of at least 4 members (excludes halogenated alkanes) is 7. The maximum atomic E-state index is 6.49. The minimum absolute atomic E-state index is 0.343. The van der Waals surface area contributed by atoms with Gasteiger partial charge in [-0.3, -0.25) is 0 Å². The molecular weight excluding hydrogens is 256 g/mol. The van der Waals surface area contributed by atoms with Crippen molar-refractivity contribution in [2.75, 3.05) is 6.61 Å². The van der Waals surface area contributed by atoms with Gasteiger partial charge in [-0.25, -0.2) is 0 Å². The van der Waals surface area contributed by atoms with Crippen LogP contribution in [0.1, 0.15) is 96.8 Å². The van der Waals surface area contributed by atoms with Gasteiger partial charge in [0.1, 0.15) is 0 Å². The van der Waals surface area contributed by atoms with Crippen molar-refractivity contribution in [1.82, 2.24) is 0 Å². The topological polar surface area (TPSA) is 9.23 Å². The summed E-state index contributed by atoms with van der Waals surface area (Å²) in [4.78, 5) is 0. The zero-order valence-electron chi connectivity index (χ0n) is 14.2. The van der Waals surface area contributed by atoms with Crippen LogP contribution in [0.3, 0.4) is 0 Å². The van der Waals surface area contributed by atoms with E-state index < -0.39 is 0 Å². The second kappa shape index (κ2) is 7.49. The number of ether oxygens (including phenoxy) is 1. The van der Waals surface area contributed by atoms with E-state index in [4.69, 9.17) is 4.74 Å². The zero-order valence-corrected chi connectivity index (χ0v) is 14.2. The van der Waals surface area contributed by atoms with E-state index >= 15 is 0 Å². The number of hydrogen-bond acceptors (Lipinski definition) is 1. The lowest BCUT2D eigenvalue weighted by Crippen LogP contribution is -2.52. The van der Waals surface area contributed by atoms with Gasteiger partial charge in [-0.1, -0.05) is 51.9 Å². The van der Waals surface area contributed by atoms with E-state index in [2.05, 4.69) is 6.92 Å². The van der Waals surface area contributed by atoms with E-state index in [9.17, 15) is 0 Å². The highest BCUT2D eigenvalue weighted by Crippen LogP contribution is 2.57. The molecule has 122 valence electrons. The Morgan fingerprint density at radius 3 is 1.71 bits per heavy atom. The van der Waals surface area contributed by atoms with Crippen LogP contribution in [0.15, 0.2) is 0 Å². The van der Waals surface area contributed by atoms with E-state index in [1.807, 2.05) is 0 Å². The van der Waals surface area contributed by atoms with Gasteiger partial charge in [0.2, 0.25) is 0 Å². The van der Waals surface area contributed by atoms with Crippen molar-refractivity contribution < 1.29 is 4.74 Å². The Bertz CT molecular complexity index is 274.